The summed E-state index contributed by atoms with van der Waals surface area (Å²) < 4.78 is 15.2. The van der Waals surface area contributed by atoms with Crippen LogP contribution in [0.1, 0.15) is 24.5 Å². The van der Waals surface area contributed by atoms with Crippen molar-refractivity contribution in [1.29, 1.82) is 0 Å². The SMILES string of the molecule is CCCn1ccc(CNc2ccc(F)cc2C)c1. The third-order valence-electron chi connectivity index (χ3n) is 2.96. The molecule has 0 bridgehead atoms. The molecule has 2 rings (SSSR count). The first kappa shape index (κ1) is 12.7. The van der Waals surface area contributed by atoms with E-state index in [1.165, 1.54) is 11.6 Å². The average molecular weight is 246 g/mol. The Bertz CT molecular complexity index is 517. The van der Waals surface area contributed by atoms with Crippen LogP contribution < -0.4 is 5.32 Å². The highest BCUT2D eigenvalue weighted by molar-refractivity contribution is 5.50. The van der Waals surface area contributed by atoms with Crippen LogP contribution in [-0.4, -0.2) is 4.57 Å². The fourth-order valence-corrected chi connectivity index (χ4v) is 2.02. The number of nitrogens with one attached hydrogen (secondary N) is 1. The molecule has 0 aliphatic rings. The molecule has 2 aromatic rings. The van der Waals surface area contributed by atoms with Gasteiger partial charge in [-0.1, -0.05) is 6.92 Å². The number of anilines is 1. The Labute approximate surface area is 107 Å². The van der Waals surface area contributed by atoms with Crippen LogP contribution in [0, 0.1) is 12.7 Å². The molecule has 0 unspecified atom stereocenters. The molecule has 96 valence electrons. The first-order valence-electron chi connectivity index (χ1n) is 6.33. The monoisotopic (exact) mass is 246 g/mol. The molecule has 0 saturated carbocycles. The normalized spacial score (nSPS) is 10.6. The Morgan fingerprint density at radius 3 is 2.83 bits per heavy atom. The number of benzene rings is 1. The van der Waals surface area contributed by atoms with Crippen molar-refractivity contribution in [1.82, 2.24) is 4.57 Å². The van der Waals surface area contributed by atoms with Gasteiger partial charge in [0.2, 0.25) is 0 Å². The van der Waals surface area contributed by atoms with Crippen molar-refractivity contribution in [3.05, 3.63) is 53.6 Å². The number of halogens is 1. The zero-order valence-electron chi connectivity index (χ0n) is 10.9. The molecule has 0 atom stereocenters. The van der Waals surface area contributed by atoms with E-state index >= 15 is 0 Å². The van der Waals surface area contributed by atoms with E-state index in [1.54, 1.807) is 12.1 Å². The Morgan fingerprint density at radius 1 is 1.28 bits per heavy atom. The second-order valence-corrected chi connectivity index (χ2v) is 4.57. The molecule has 0 saturated heterocycles. The summed E-state index contributed by atoms with van der Waals surface area (Å²) in [6, 6.07) is 6.93. The van der Waals surface area contributed by atoms with Crippen molar-refractivity contribution in [3.63, 3.8) is 0 Å². The minimum atomic E-state index is -0.188. The maximum atomic E-state index is 13.0. The molecule has 1 heterocycles. The summed E-state index contributed by atoms with van der Waals surface area (Å²) in [5.74, 6) is -0.188. The van der Waals surface area contributed by atoms with Gasteiger partial charge in [-0.05, 0) is 48.7 Å². The van der Waals surface area contributed by atoms with Crippen molar-refractivity contribution in [2.75, 3.05) is 5.32 Å². The Balaban J connectivity index is 1.97. The standard InChI is InChI=1S/C15H19FN2/c1-3-7-18-8-6-13(11-18)10-17-15-5-4-14(16)9-12(15)2/h4-6,8-9,11,17H,3,7,10H2,1-2H3. The fourth-order valence-electron chi connectivity index (χ4n) is 2.02. The van der Waals surface area contributed by atoms with Gasteiger partial charge >= 0.3 is 0 Å². The Kier molecular flexibility index (Phi) is 4.03. The lowest BCUT2D eigenvalue weighted by atomic mass is 10.2. The lowest BCUT2D eigenvalue weighted by molar-refractivity contribution is 0.627. The quantitative estimate of drug-likeness (QED) is 0.845. The molecular formula is C15H19FN2. The lowest BCUT2D eigenvalue weighted by Crippen LogP contribution is -2.00. The molecule has 3 heteroatoms. The van der Waals surface area contributed by atoms with Gasteiger partial charge in [0.25, 0.3) is 0 Å². The van der Waals surface area contributed by atoms with Gasteiger partial charge in [-0.15, -0.1) is 0 Å². The molecule has 18 heavy (non-hydrogen) atoms. The smallest absolute Gasteiger partial charge is 0.123 e. The molecule has 0 radical (unpaired) electrons. The van der Waals surface area contributed by atoms with E-state index in [0.29, 0.717) is 0 Å². The molecule has 0 spiro atoms. The Hall–Kier alpha value is -1.77. The molecular weight excluding hydrogens is 227 g/mol. The number of hydrogen-bond acceptors (Lipinski definition) is 1. The Morgan fingerprint density at radius 2 is 2.11 bits per heavy atom. The van der Waals surface area contributed by atoms with Gasteiger partial charge in [-0.3, -0.25) is 0 Å². The van der Waals surface area contributed by atoms with Crippen LogP contribution >= 0.6 is 0 Å². The maximum Gasteiger partial charge on any atom is 0.123 e. The predicted molar refractivity (Wildman–Crippen MR) is 73.2 cm³/mol. The third-order valence-corrected chi connectivity index (χ3v) is 2.96. The van der Waals surface area contributed by atoms with E-state index in [0.717, 1.165) is 30.8 Å². The van der Waals surface area contributed by atoms with E-state index in [-0.39, 0.29) is 5.82 Å². The average Bonchev–Trinajstić information content (AvgIpc) is 2.76. The van der Waals surface area contributed by atoms with Crippen molar-refractivity contribution in [2.45, 2.75) is 33.4 Å². The minimum absolute atomic E-state index is 0.188. The van der Waals surface area contributed by atoms with E-state index in [2.05, 4.69) is 35.3 Å². The number of aryl methyl sites for hydroxylation is 2. The van der Waals surface area contributed by atoms with Gasteiger partial charge in [0.1, 0.15) is 5.82 Å². The summed E-state index contributed by atoms with van der Waals surface area (Å²) in [5.41, 5.74) is 3.16. The lowest BCUT2D eigenvalue weighted by Gasteiger charge is -2.08. The van der Waals surface area contributed by atoms with E-state index in [1.807, 2.05) is 6.92 Å². The summed E-state index contributed by atoms with van der Waals surface area (Å²) >= 11 is 0. The summed E-state index contributed by atoms with van der Waals surface area (Å²) in [6.45, 7) is 5.90. The summed E-state index contributed by atoms with van der Waals surface area (Å²) in [7, 11) is 0. The first-order chi connectivity index (χ1) is 8.69. The van der Waals surface area contributed by atoms with Crippen LogP contribution in [-0.2, 0) is 13.1 Å². The number of hydrogen-bond donors (Lipinski definition) is 1. The summed E-state index contributed by atoms with van der Waals surface area (Å²) in [4.78, 5) is 0. The van der Waals surface area contributed by atoms with Gasteiger partial charge in [0.05, 0.1) is 0 Å². The minimum Gasteiger partial charge on any atom is -0.381 e. The van der Waals surface area contributed by atoms with Crippen LogP contribution in [0.2, 0.25) is 0 Å². The largest absolute Gasteiger partial charge is 0.381 e. The topological polar surface area (TPSA) is 17.0 Å². The first-order valence-corrected chi connectivity index (χ1v) is 6.33. The molecule has 0 amide bonds. The van der Waals surface area contributed by atoms with E-state index in [4.69, 9.17) is 0 Å². The molecule has 0 aliphatic heterocycles. The zero-order valence-corrected chi connectivity index (χ0v) is 10.9. The number of nitrogens with zero attached hydrogens (tertiary/aromatic N) is 1. The van der Waals surface area contributed by atoms with Crippen LogP contribution in [0.15, 0.2) is 36.7 Å². The third kappa shape index (κ3) is 3.13. The highest BCUT2D eigenvalue weighted by Crippen LogP contribution is 2.16. The summed E-state index contributed by atoms with van der Waals surface area (Å²) in [6.07, 6.45) is 5.38. The second-order valence-electron chi connectivity index (χ2n) is 4.57. The molecule has 2 nitrogen and oxygen atoms in total. The van der Waals surface area contributed by atoms with Crippen molar-refractivity contribution < 1.29 is 4.39 Å². The predicted octanol–water partition coefficient (Wildman–Crippen LogP) is 3.96. The van der Waals surface area contributed by atoms with Gasteiger partial charge in [-0.25, -0.2) is 4.39 Å². The fraction of sp³-hybridized carbons (Fsp3) is 0.333. The van der Waals surface area contributed by atoms with E-state index in [9.17, 15) is 4.39 Å². The maximum absolute atomic E-state index is 13.0. The van der Waals surface area contributed by atoms with Crippen molar-refractivity contribution in [2.24, 2.45) is 0 Å². The van der Waals surface area contributed by atoms with Gasteiger partial charge < -0.3 is 9.88 Å². The van der Waals surface area contributed by atoms with Crippen molar-refractivity contribution >= 4 is 5.69 Å². The van der Waals surface area contributed by atoms with Gasteiger partial charge in [0.15, 0.2) is 0 Å². The highest BCUT2D eigenvalue weighted by atomic mass is 19.1. The van der Waals surface area contributed by atoms with Gasteiger partial charge in [-0.2, -0.15) is 0 Å². The molecule has 0 aliphatic carbocycles. The second kappa shape index (κ2) is 5.71. The van der Waals surface area contributed by atoms with Crippen LogP contribution in [0.4, 0.5) is 10.1 Å². The number of rotatable bonds is 5. The number of aromatic nitrogens is 1. The van der Waals surface area contributed by atoms with Crippen LogP contribution in [0.25, 0.3) is 0 Å². The molecule has 1 aromatic heterocycles. The molecule has 1 aromatic carbocycles. The van der Waals surface area contributed by atoms with E-state index < -0.39 is 0 Å². The van der Waals surface area contributed by atoms with Crippen molar-refractivity contribution in [3.8, 4) is 0 Å². The zero-order chi connectivity index (χ0) is 13.0. The van der Waals surface area contributed by atoms with Crippen LogP contribution in [0.3, 0.4) is 0 Å². The molecule has 0 fully saturated rings. The van der Waals surface area contributed by atoms with Gasteiger partial charge in [0, 0.05) is 31.2 Å². The van der Waals surface area contributed by atoms with Crippen LogP contribution in [0.5, 0.6) is 0 Å². The highest BCUT2D eigenvalue weighted by Gasteiger charge is 2.01. The summed E-state index contributed by atoms with van der Waals surface area (Å²) in [5, 5.41) is 3.33. The molecule has 1 N–H and O–H groups in total.